The lowest BCUT2D eigenvalue weighted by Gasteiger charge is -2.06. The molecule has 0 radical (unpaired) electrons. The number of methoxy groups -OCH3 is 1. The molecule has 0 N–H and O–H groups in total. The molecule has 0 aliphatic heterocycles. The lowest BCUT2D eigenvalue weighted by molar-refractivity contribution is -0.141. The summed E-state index contributed by atoms with van der Waals surface area (Å²) < 4.78 is 31.4. The maximum atomic E-state index is 12.6. The number of esters is 1. The van der Waals surface area contributed by atoms with Crippen LogP contribution in [-0.4, -0.2) is 22.6 Å². The summed E-state index contributed by atoms with van der Waals surface area (Å²) in [5.41, 5.74) is 0.846. The van der Waals surface area contributed by atoms with Gasteiger partial charge in [-0.05, 0) is 12.1 Å². The second-order valence-electron chi connectivity index (χ2n) is 3.87. The molecular weight excluding hydrogens is 278 g/mol. The van der Waals surface area contributed by atoms with Crippen LogP contribution in [-0.2, 0) is 22.0 Å². The highest BCUT2D eigenvalue weighted by atomic mass is 35.5. The van der Waals surface area contributed by atoms with Crippen molar-refractivity contribution in [2.45, 2.75) is 18.9 Å². The van der Waals surface area contributed by atoms with Crippen molar-refractivity contribution in [3.63, 3.8) is 0 Å². The fourth-order valence-electron chi connectivity index (χ4n) is 1.80. The van der Waals surface area contributed by atoms with Crippen molar-refractivity contribution < 1.29 is 18.3 Å². The van der Waals surface area contributed by atoms with Crippen molar-refractivity contribution in [2.75, 3.05) is 7.11 Å². The third-order valence-corrected chi connectivity index (χ3v) is 2.98. The van der Waals surface area contributed by atoms with Gasteiger partial charge < -0.3 is 9.30 Å². The fraction of sp³-hybridized carbons (Fsp3) is 0.333. The normalized spacial score (nSPS) is 11.2. The van der Waals surface area contributed by atoms with E-state index in [0.717, 1.165) is 0 Å². The molecule has 1 heterocycles. The largest absolute Gasteiger partial charge is 0.468 e. The first-order valence-electron chi connectivity index (χ1n) is 5.46. The maximum Gasteiger partial charge on any atom is 0.325 e. The van der Waals surface area contributed by atoms with Gasteiger partial charge in [-0.2, -0.15) is 0 Å². The summed E-state index contributed by atoms with van der Waals surface area (Å²) in [6.45, 7) is -0.0525. The Morgan fingerprint density at radius 1 is 1.53 bits per heavy atom. The second-order valence-corrected chi connectivity index (χ2v) is 4.14. The molecule has 0 spiro atoms. The first-order valence-corrected chi connectivity index (χ1v) is 6.00. The van der Waals surface area contributed by atoms with Gasteiger partial charge in [-0.1, -0.05) is 6.07 Å². The van der Waals surface area contributed by atoms with Crippen LogP contribution in [0.2, 0.25) is 0 Å². The molecule has 0 atom stereocenters. The van der Waals surface area contributed by atoms with Crippen molar-refractivity contribution >= 4 is 28.6 Å². The number of halogens is 3. The summed E-state index contributed by atoms with van der Waals surface area (Å²) in [4.78, 5) is 15.5. The number of imidazole rings is 1. The van der Waals surface area contributed by atoms with Crippen LogP contribution in [0.5, 0.6) is 0 Å². The highest BCUT2D eigenvalue weighted by molar-refractivity contribution is 6.16. The van der Waals surface area contributed by atoms with Gasteiger partial charge in [0.25, 0.3) is 6.43 Å². The Bertz CT molecular complexity index is 613. The van der Waals surface area contributed by atoms with E-state index in [-0.39, 0.29) is 18.0 Å². The number of carbonyl (C=O) groups is 1. The van der Waals surface area contributed by atoms with Crippen molar-refractivity contribution in [3.05, 3.63) is 29.6 Å². The molecule has 19 heavy (non-hydrogen) atoms. The average molecular weight is 289 g/mol. The maximum absolute atomic E-state index is 12.6. The lowest BCUT2D eigenvalue weighted by atomic mass is 10.2. The van der Waals surface area contributed by atoms with E-state index in [1.54, 1.807) is 4.57 Å². The molecule has 102 valence electrons. The Morgan fingerprint density at radius 2 is 2.26 bits per heavy atom. The van der Waals surface area contributed by atoms with Gasteiger partial charge in [0.2, 0.25) is 0 Å². The minimum Gasteiger partial charge on any atom is -0.468 e. The molecule has 0 aliphatic carbocycles. The van der Waals surface area contributed by atoms with Crippen LogP contribution < -0.4 is 0 Å². The summed E-state index contributed by atoms with van der Waals surface area (Å²) in [7, 11) is 1.27. The Morgan fingerprint density at radius 3 is 2.84 bits per heavy atom. The molecule has 7 heteroatoms. The molecular formula is C12H11ClF2N2O2. The molecule has 2 aromatic rings. The Hall–Kier alpha value is -1.69. The number of benzene rings is 1. The summed E-state index contributed by atoms with van der Waals surface area (Å²) in [5, 5.41) is 0. The molecule has 0 amide bonds. The monoisotopic (exact) mass is 288 g/mol. The summed E-state index contributed by atoms with van der Waals surface area (Å²) in [5.74, 6) is 0.0625. The number of ether oxygens (including phenoxy) is 1. The highest BCUT2D eigenvalue weighted by Gasteiger charge is 2.15. The van der Waals surface area contributed by atoms with Gasteiger partial charge in [-0.3, -0.25) is 4.79 Å². The van der Waals surface area contributed by atoms with Crippen molar-refractivity contribution in [2.24, 2.45) is 0 Å². The predicted molar refractivity (Wildman–Crippen MR) is 66.3 cm³/mol. The molecule has 0 bridgehead atoms. The number of aromatic nitrogens is 2. The third-order valence-electron chi connectivity index (χ3n) is 2.74. The van der Waals surface area contributed by atoms with Crippen LogP contribution in [0.25, 0.3) is 11.0 Å². The SMILES string of the molecule is COC(=O)Cn1c(CCl)nc2cc(C(F)F)ccc21. The number of hydrogen-bond acceptors (Lipinski definition) is 3. The molecule has 4 nitrogen and oxygen atoms in total. The number of hydrogen-bond donors (Lipinski definition) is 0. The molecule has 0 aliphatic rings. The predicted octanol–water partition coefficient (Wildman–Crippen LogP) is 2.89. The highest BCUT2D eigenvalue weighted by Crippen LogP contribution is 2.24. The fourth-order valence-corrected chi connectivity index (χ4v) is 2.01. The first kappa shape index (κ1) is 13.7. The van der Waals surface area contributed by atoms with Crippen LogP contribution in [0.4, 0.5) is 8.78 Å². The van der Waals surface area contributed by atoms with E-state index in [2.05, 4.69) is 9.72 Å². The Balaban J connectivity index is 2.52. The van der Waals surface area contributed by atoms with Gasteiger partial charge in [0.1, 0.15) is 12.4 Å². The molecule has 0 saturated heterocycles. The Kier molecular flexibility index (Phi) is 3.99. The number of carbonyl (C=O) groups excluding carboxylic acids is 1. The number of rotatable bonds is 4. The van der Waals surface area contributed by atoms with Gasteiger partial charge in [0.15, 0.2) is 0 Å². The van der Waals surface area contributed by atoms with E-state index in [0.29, 0.717) is 16.9 Å². The summed E-state index contributed by atoms with van der Waals surface area (Å²) >= 11 is 5.75. The molecule has 2 rings (SSSR count). The quantitative estimate of drug-likeness (QED) is 0.642. The molecule has 1 aromatic carbocycles. The molecule has 1 aromatic heterocycles. The zero-order chi connectivity index (χ0) is 14.0. The van der Waals surface area contributed by atoms with Crippen LogP contribution in [0, 0.1) is 0 Å². The summed E-state index contributed by atoms with van der Waals surface area (Å²) in [6.07, 6.45) is -2.56. The third kappa shape index (κ3) is 2.68. The van der Waals surface area contributed by atoms with Gasteiger partial charge in [-0.25, -0.2) is 13.8 Å². The molecule has 0 fully saturated rings. The minimum absolute atomic E-state index is 0.0525. The van der Waals surface area contributed by atoms with Crippen LogP contribution in [0.15, 0.2) is 18.2 Å². The number of alkyl halides is 3. The summed E-state index contributed by atoms with van der Waals surface area (Å²) in [6, 6.07) is 4.10. The van der Waals surface area contributed by atoms with Gasteiger partial charge in [0, 0.05) is 5.56 Å². The number of fused-ring (bicyclic) bond motifs is 1. The standard InChI is InChI=1S/C12H11ClF2N2O2/c1-19-11(18)6-17-9-3-2-7(12(14)15)4-8(9)16-10(17)5-13/h2-4,12H,5-6H2,1H3. The van der Waals surface area contributed by atoms with Crippen molar-refractivity contribution in [3.8, 4) is 0 Å². The average Bonchev–Trinajstić information content (AvgIpc) is 2.75. The number of nitrogens with zero attached hydrogens (tertiary/aromatic N) is 2. The zero-order valence-corrected chi connectivity index (χ0v) is 10.8. The van der Waals surface area contributed by atoms with Crippen molar-refractivity contribution in [1.29, 1.82) is 0 Å². The smallest absolute Gasteiger partial charge is 0.325 e. The minimum atomic E-state index is -2.56. The molecule has 0 saturated carbocycles. The lowest BCUT2D eigenvalue weighted by Crippen LogP contribution is -2.13. The van der Waals surface area contributed by atoms with Crippen molar-refractivity contribution in [1.82, 2.24) is 9.55 Å². The van der Waals surface area contributed by atoms with E-state index in [9.17, 15) is 13.6 Å². The topological polar surface area (TPSA) is 44.1 Å². The van der Waals surface area contributed by atoms with E-state index >= 15 is 0 Å². The van der Waals surface area contributed by atoms with E-state index < -0.39 is 12.4 Å². The van der Waals surface area contributed by atoms with Crippen LogP contribution in [0.3, 0.4) is 0 Å². The Labute approximate surface area is 112 Å². The molecule has 0 unspecified atom stereocenters. The van der Waals surface area contributed by atoms with E-state index in [4.69, 9.17) is 11.6 Å². The van der Waals surface area contributed by atoms with E-state index in [1.165, 1.54) is 25.3 Å². The van der Waals surface area contributed by atoms with Gasteiger partial charge >= 0.3 is 5.97 Å². The zero-order valence-electron chi connectivity index (χ0n) is 10.1. The van der Waals surface area contributed by atoms with E-state index in [1.807, 2.05) is 0 Å². The van der Waals surface area contributed by atoms with Gasteiger partial charge in [0.05, 0.1) is 24.0 Å². The first-order chi connectivity index (χ1) is 9.06. The van der Waals surface area contributed by atoms with Crippen LogP contribution in [0.1, 0.15) is 17.8 Å². The van der Waals surface area contributed by atoms with Gasteiger partial charge in [-0.15, -0.1) is 11.6 Å². The van der Waals surface area contributed by atoms with Crippen LogP contribution >= 0.6 is 11.6 Å². The second kappa shape index (κ2) is 5.52.